The lowest BCUT2D eigenvalue weighted by Crippen LogP contribution is -2.53. The van der Waals surface area contributed by atoms with Gasteiger partial charge in [-0.1, -0.05) is 84.4 Å². The number of ether oxygens (including phenoxy) is 1. The minimum absolute atomic E-state index is 0.0103. The van der Waals surface area contributed by atoms with Crippen molar-refractivity contribution in [3.63, 3.8) is 0 Å². The van der Waals surface area contributed by atoms with Gasteiger partial charge in [0.1, 0.15) is 18.3 Å². The first-order valence-electron chi connectivity index (χ1n) is 13.7. The second kappa shape index (κ2) is 14.2. The molecular formula is C33H34ClN3O5S. The molecule has 4 rings (SSSR count). The Labute approximate surface area is 257 Å². The van der Waals surface area contributed by atoms with E-state index in [0.717, 1.165) is 15.4 Å². The fraction of sp³-hybridized carbons (Fsp3) is 0.212. The van der Waals surface area contributed by atoms with Crippen molar-refractivity contribution in [2.24, 2.45) is 0 Å². The third-order valence-electron chi connectivity index (χ3n) is 7.03. The summed E-state index contributed by atoms with van der Waals surface area (Å²) in [6.45, 7) is 1.21. The van der Waals surface area contributed by atoms with Gasteiger partial charge in [0.15, 0.2) is 0 Å². The van der Waals surface area contributed by atoms with Crippen LogP contribution in [0.25, 0.3) is 0 Å². The molecule has 0 aromatic heterocycles. The van der Waals surface area contributed by atoms with E-state index < -0.39 is 34.4 Å². The zero-order valence-corrected chi connectivity index (χ0v) is 25.8. The van der Waals surface area contributed by atoms with Crippen LogP contribution in [0.15, 0.2) is 108 Å². The molecule has 0 heterocycles. The van der Waals surface area contributed by atoms with Gasteiger partial charge >= 0.3 is 0 Å². The molecule has 2 amide bonds. The molecule has 1 unspecified atom stereocenters. The van der Waals surface area contributed by atoms with Crippen LogP contribution < -0.4 is 14.4 Å². The Morgan fingerprint density at radius 1 is 0.907 bits per heavy atom. The molecule has 43 heavy (non-hydrogen) atoms. The van der Waals surface area contributed by atoms with Crippen LogP contribution in [0.1, 0.15) is 16.7 Å². The third kappa shape index (κ3) is 7.55. The highest BCUT2D eigenvalue weighted by Crippen LogP contribution is 2.34. The highest BCUT2D eigenvalue weighted by Gasteiger charge is 2.35. The van der Waals surface area contributed by atoms with Crippen molar-refractivity contribution in [2.45, 2.75) is 30.8 Å². The summed E-state index contributed by atoms with van der Waals surface area (Å²) in [5, 5.41) is 3.09. The van der Waals surface area contributed by atoms with E-state index in [2.05, 4.69) is 5.32 Å². The number of methoxy groups -OCH3 is 1. The first-order valence-corrected chi connectivity index (χ1v) is 15.5. The molecule has 1 N–H and O–H groups in total. The molecule has 0 bridgehead atoms. The molecule has 0 saturated carbocycles. The molecule has 0 saturated heterocycles. The van der Waals surface area contributed by atoms with Crippen LogP contribution in [0.3, 0.4) is 0 Å². The van der Waals surface area contributed by atoms with Gasteiger partial charge in [-0.15, -0.1) is 0 Å². The molecule has 4 aromatic rings. The smallest absolute Gasteiger partial charge is 0.264 e. The van der Waals surface area contributed by atoms with Crippen molar-refractivity contribution in [1.82, 2.24) is 10.2 Å². The van der Waals surface area contributed by atoms with E-state index in [1.165, 1.54) is 31.2 Å². The van der Waals surface area contributed by atoms with Crippen LogP contribution in [0.2, 0.25) is 5.02 Å². The van der Waals surface area contributed by atoms with Crippen LogP contribution in [0.5, 0.6) is 5.75 Å². The number of likely N-dealkylation sites (N-methyl/N-ethyl adjacent to an activating group) is 1. The fourth-order valence-electron chi connectivity index (χ4n) is 4.76. The summed E-state index contributed by atoms with van der Waals surface area (Å²) in [6.07, 6.45) is 0.204. The van der Waals surface area contributed by atoms with Gasteiger partial charge in [0.25, 0.3) is 10.0 Å². The van der Waals surface area contributed by atoms with Gasteiger partial charge in [0.2, 0.25) is 11.8 Å². The number of anilines is 1. The monoisotopic (exact) mass is 619 g/mol. The molecule has 0 aliphatic rings. The van der Waals surface area contributed by atoms with Crippen molar-refractivity contribution in [3.8, 4) is 5.75 Å². The number of rotatable bonds is 12. The Bertz CT molecular complexity index is 1670. The predicted molar refractivity (Wildman–Crippen MR) is 169 cm³/mol. The van der Waals surface area contributed by atoms with Crippen molar-refractivity contribution in [2.75, 3.05) is 25.0 Å². The van der Waals surface area contributed by atoms with Gasteiger partial charge in [-0.2, -0.15) is 0 Å². The summed E-state index contributed by atoms with van der Waals surface area (Å²) < 4.78 is 34.8. The summed E-state index contributed by atoms with van der Waals surface area (Å²) in [4.78, 5) is 29.2. The van der Waals surface area contributed by atoms with Crippen LogP contribution in [-0.4, -0.2) is 51.9 Å². The summed E-state index contributed by atoms with van der Waals surface area (Å²) in [6, 6.07) is 28.4. The molecule has 0 spiro atoms. The Morgan fingerprint density at radius 2 is 1.53 bits per heavy atom. The summed E-state index contributed by atoms with van der Waals surface area (Å²) in [7, 11) is -1.30. The van der Waals surface area contributed by atoms with E-state index in [1.807, 2.05) is 37.3 Å². The summed E-state index contributed by atoms with van der Waals surface area (Å²) in [5.41, 5.74) is 2.43. The van der Waals surface area contributed by atoms with Gasteiger partial charge in [-0.25, -0.2) is 8.42 Å². The molecule has 1 atom stereocenters. The normalized spacial score (nSPS) is 11.8. The number of benzene rings is 4. The van der Waals surface area contributed by atoms with E-state index in [0.29, 0.717) is 10.6 Å². The zero-order valence-electron chi connectivity index (χ0n) is 24.2. The fourth-order valence-corrected chi connectivity index (χ4v) is 6.39. The quantitative estimate of drug-likeness (QED) is 0.234. The summed E-state index contributed by atoms with van der Waals surface area (Å²) >= 11 is 6.50. The van der Waals surface area contributed by atoms with E-state index in [4.69, 9.17) is 16.3 Å². The van der Waals surface area contributed by atoms with E-state index in [9.17, 15) is 18.0 Å². The Balaban J connectivity index is 1.84. The number of amides is 2. The molecule has 0 aliphatic carbocycles. The maximum absolute atomic E-state index is 14.4. The number of nitrogens with zero attached hydrogens (tertiary/aromatic N) is 2. The van der Waals surface area contributed by atoms with Gasteiger partial charge in [0.05, 0.1) is 17.7 Å². The molecule has 4 aromatic carbocycles. The number of hydrogen-bond acceptors (Lipinski definition) is 5. The highest BCUT2D eigenvalue weighted by atomic mass is 35.5. The number of sulfonamides is 1. The lowest BCUT2D eigenvalue weighted by atomic mass is 10.0. The Morgan fingerprint density at radius 3 is 2.16 bits per heavy atom. The number of nitrogens with one attached hydrogen (secondary N) is 1. The van der Waals surface area contributed by atoms with E-state index >= 15 is 0 Å². The predicted octanol–water partition coefficient (Wildman–Crippen LogP) is 5.24. The molecule has 8 nitrogen and oxygen atoms in total. The Hall–Kier alpha value is -4.34. The standard InChI is InChI=1S/C33H34ClN3O5S/c1-24-18-19-31(42-3)29(20-24)37(43(40,41)27-15-8-5-9-16-27)23-32(38)36(22-26-14-10-11-17-28(26)34)30(33(39)35-2)21-25-12-6-4-7-13-25/h4-20,30H,21-23H2,1-3H3,(H,35,39). The Kier molecular flexibility index (Phi) is 10.4. The minimum Gasteiger partial charge on any atom is -0.495 e. The average Bonchev–Trinajstić information content (AvgIpc) is 3.02. The van der Waals surface area contributed by atoms with Gasteiger partial charge in [-0.3, -0.25) is 13.9 Å². The van der Waals surface area contributed by atoms with Crippen LogP contribution in [-0.2, 0) is 32.6 Å². The first kappa shape index (κ1) is 31.6. The molecule has 0 aliphatic heterocycles. The number of aryl methyl sites for hydroxylation is 1. The lowest BCUT2D eigenvalue weighted by Gasteiger charge is -2.34. The van der Waals surface area contributed by atoms with Gasteiger partial charge in [0, 0.05) is 25.0 Å². The maximum atomic E-state index is 14.4. The second-order valence-electron chi connectivity index (χ2n) is 9.93. The zero-order chi connectivity index (χ0) is 31.0. The lowest BCUT2D eigenvalue weighted by molar-refractivity contribution is -0.139. The highest BCUT2D eigenvalue weighted by molar-refractivity contribution is 7.92. The van der Waals surface area contributed by atoms with Crippen LogP contribution >= 0.6 is 11.6 Å². The first-order chi connectivity index (χ1) is 20.6. The number of hydrogen-bond donors (Lipinski definition) is 1. The number of carbonyl (C=O) groups is 2. The molecule has 0 radical (unpaired) electrons. The number of carbonyl (C=O) groups excluding carboxylic acids is 2. The molecule has 0 fully saturated rings. The maximum Gasteiger partial charge on any atom is 0.264 e. The van der Waals surface area contributed by atoms with Crippen molar-refractivity contribution in [1.29, 1.82) is 0 Å². The van der Waals surface area contributed by atoms with Gasteiger partial charge in [-0.05, 0) is 53.9 Å². The SMILES string of the molecule is CNC(=O)C(Cc1ccccc1)N(Cc1ccccc1Cl)C(=O)CN(c1cc(C)ccc1OC)S(=O)(=O)c1ccccc1. The summed E-state index contributed by atoms with van der Waals surface area (Å²) in [5.74, 6) is -0.704. The second-order valence-corrected chi connectivity index (χ2v) is 12.2. The third-order valence-corrected chi connectivity index (χ3v) is 9.17. The van der Waals surface area contributed by atoms with Crippen molar-refractivity contribution in [3.05, 3.63) is 125 Å². The van der Waals surface area contributed by atoms with Gasteiger partial charge < -0.3 is 15.0 Å². The topological polar surface area (TPSA) is 96.0 Å². The largest absolute Gasteiger partial charge is 0.495 e. The van der Waals surface area contributed by atoms with Crippen molar-refractivity contribution < 1.29 is 22.7 Å². The molecule has 224 valence electrons. The minimum atomic E-state index is -4.24. The van der Waals surface area contributed by atoms with E-state index in [1.54, 1.807) is 60.7 Å². The van der Waals surface area contributed by atoms with Crippen LogP contribution in [0, 0.1) is 6.92 Å². The van der Waals surface area contributed by atoms with Crippen LogP contribution in [0.4, 0.5) is 5.69 Å². The number of halogens is 1. The molecule has 10 heteroatoms. The van der Waals surface area contributed by atoms with E-state index in [-0.39, 0.29) is 29.3 Å². The molecular weight excluding hydrogens is 586 g/mol. The van der Waals surface area contributed by atoms with Crippen molar-refractivity contribution >= 4 is 39.1 Å². The average molecular weight is 620 g/mol.